The van der Waals surface area contributed by atoms with Gasteiger partial charge in [0.05, 0.1) is 17.7 Å². The number of anilines is 1. The van der Waals surface area contributed by atoms with Crippen molar-refractivity contribution in [3.63, 3.8) is 0 Å². The molecule has 0 bridgehead atoms. The zero-order chi connectivity index (χ0) is 13.0. The van der Waals surface area contributed by atoms with Gasteiger partial charge in [0.25, 0.3) is 0 Å². The molecule has 1 aromatic carbocycles. The molecule has 0 aromatic heterocycles. The maximum atomic E-state index is 12.9. The molecule has 1 unspecified atom stereocenters. The number of aliphatic hydroxyl groups excluding tert-OH is 1. The molecule has 1 atom stereocenters. The summed E-state index contributed by atoms with van der Waals surface area (Å²) in [6.45, 7) is 1.57. The highest BCUT2D eigenvalue weighted by atomic mass is 35.5. The second kappa shape index (κ2) is 5.84. The molecule has 0 radical (unpaired) electrons. The molecule has 1 aromatic rings. The Morgan fingerprint density at radius 1 is 1.65 bits per heavy atom. The van der Waals surface area contributed by atoms with E-state index >= 15 is 0 Å². The van der Waals surface area contributed by atoms with Crippen molar-refractivity contribution < 1.29 is 14.3 Å². The van der Waals surface area contributed by atoms with Gasteiger partial charge in [0.15, 0.2) is 0 Å². The number of nitrogens with one attached hydrogen (secondary N) is 1. The van der Waals surface area contributed by atoms with Crippen molar-refractivity contribution in [1.29, 1.82) is 0 Å². The minimum atomic E-state index is -0.540. The summed E-state index contributed by atoms with van der Waals surface area (Å²) >= 11 is 5.59. The summed E-state index contributed by atoms with van der Waals surface area (Å²) in [6, 6.07) is 3.22. The Balaban J connectivity index is 2.71. The maximum absolute atomic E-state index is 12.9. The average Bonchev–Trinajstić information content (AvgIpc) is 2.31. The molecule has 17 heavy (non-hydrogen) atoms. The van der Waals surface area contributed by atoms with E-state index in [-0.39, 0.29) is 17.7 Å². The van der Waals surface area contributed by atoms with Crippen molar-refractivity contribution in [3.8, 4) is 0 Å². The van der Waals surface area contributed by atoms with E-state index in [1.165, 1.54) is 23.1 Å². The number of benzene rings is 1. The van der Waals surface area contributed by atoms with Gasteiger partial charge in [0.1, 0.15) is 5.82 Å². The monoisotopic (exact) mass is 260 g/mol. The number of halogens is 2. The van der Waals surface area contributed by atoms with Crippen LogP contribution in [0, 0.1) is 5.82 Å². The Labute approximate surface area is 104 Å². The van der Waals surface area contributed by atoms with Gasteiger partial charge in [0.2, 0.25) is 0 Å². The number of hydrogen-bond acceptors (Lipinski definition) is 2. The molecule has 2 amide bonds. The number of amides is 2. The lowest BCUT2D eigenvalue weighted by atomic mass is 10.3. The molecule has 0 saturated carbocycles. The van der Waals surface area contributed by atoms with Gasteiger partial charge in [-0.05, 0) is 25.1 Å². The van der Waals surface area contributed by atoms with E-state index in [1.54, 1.807) is 14.0 Å². The first-order valence-corrected chi connectivity index (χ1v) is 5.43. The Kier molecular flexibility index (Phi) is 4.72. The highest BCUT2D eigenvalue weighted by Gasteiger charge is 2.15. The van der Waals surface area contributed by atoms with Crippen molar-refractivity contribution >= 4 is 23.3 Å². The summed E-state index contributed by atoms with van der Waals surface area (Å²) in [5.74, 6) is -0.540. The number of aliphatic hydroxyl groups is 1. The van der Waals surface area contributed by atoms with Crippen LogP contribution in [0.2, 0.25) is 5.02 Å². The van der Waals surface area contributed by atoms with Crippen molar-refractivity contribution in [2.45, 2.75) is 13.0 Å². The van der Waals surface area contributed by atoms with Crippen LogP contribution in [0.4, 0.5) is 14.9 Å². The van der Waals surface area contributed by atoms with Crippen molar-refractivity contribution in [1.82, 2.24) is 4.90 Å². The maximum Gasteiger partial charge on any atom is 0.321 e. The molecule has 0 aliphatic carbocycles. The van der Waals surface area contributed by atoms with Crippen LogP contribution < -0.4 is 5.32 Å². The Bertz CT molecular complexity index is 414. The van der Waals surface area contributed by atoms with Crippen LogP contribution in [0.15, 0.2) is 18.2 Å². The predicted molar refractivity (Wildman–Crippen MR) is 64.7 cm³/mol. The third-order valence-corrected chi connectivity index (χ3v) is 2.71. The van der Waals surface area contributed by atoms with Gasteiger partial charge in [-0.2, -0.15) is 0 Å². The van der Waals surface area contributed by atoms with Crippen LogP contribution in [-0.2, 0) is 0 Å². The summed E-state index contributed by atoms with van der Waals surface area (Å²) in [5.41, 5.74) is 0.401. The molecule has 0 aliphatic heterocycles. The SMILES string of the molecule is CC(CO)N(C)C(=O)Nc1ccc(F)c(Cl)c1. The van der Waals surface area contributed by atoms with Crippen LogP contribution in [0.25, 0.3) is 0 Å². The zero-order valence-electron chi connectivity index (χ0n) is 9.58. The number of likely N-dealkylation sites (N-methyl/N-ethyl adjacent to an activating group) is 1. The van der Waals surface area contributed by atoms with Gasteiger partial charge in [-0.1, -0.05) is 11.6 Å². The molecule has 0 spiro atoms. The molecule has 94 valence electrons. The highest BCUT2D eigenvalue weighted by molar-refractivity contribution is 6.31. The van der Waals surface area contributed by atoms with Crippen LogP contribution >= 0.6 is 11.6 Å². The Morgan fingerprint density at radius 3 is 2.82 bits per heavy atom. The number of hydrogen-bond donors (Lipinski definition) is 2. The van der Waals surface area contributed by atoms with E-state index in [2.05, 4.69) is 5.32 Å². The van der Waals surface area contributed by atoms with Crippen LogP contribution in [-0.4, -0.2) is 35.7 Å². The number of urea groups is 1. The zero-order valence-corrected chi connectivity index (χ0v) is 10.3. The molecule has 0 fully saturated rings. The smallest absolute Gasteiger partial charge is 0.321 e. The quantitative estimate of drug-likeness (QED) is 0.876. The standard InChI is InChI=1S/C11H14ClFN2O2/c1-7(6-16)15(2)11(17)14-8-3-4-10(13)9(12)5-8/h3-5,7,16H,6H2,1-2H3,(H,14,17). The van der Waals surface area contributed by atoms with E-state index in [0.717, 1.165) is 0 Å². The van der Waals surface area contributed by atoms with Crippen molar-refractivity contribution in [2.75, 3.05) is 19.0 Å². The van der Waals surface area contributed by atoms with E-state index in [0.29, 0.717) is 5.69 Å². The topological polar surface area (TPSA) is 52.6 Å². The number of carbonyl (C=O) groups excluding carboxylic acids is 1. The first-order valence-electron chi connectivity index (χ1n) is 5.05. The fraction of sp³-hybridized carbons (Fsp3) is 0.364. The number of carbonyl (C=O) groups is 1. The van der Waals surface area contributed by atoms with Crippen LogP contribution in [0.3, 0.4) is 0 Å². The number of rotatable bonds is 3. The van der Waals surface area contributed by atoms with E-state index in [9.17, 15) is 9.18 Å². The molecule has 0 saturated heterocycles. The van der Waals surface area contributed by atoms with Crippen LogP contribution in [0.1, 0.15) is 6.92 Å². The first kappa shape index (κ1) is 13.7. The van der Waals surface area contributed by atoms with Crippen molar-refractivity contribution in [2.24, 2.45) is 0 Å². The average molecular weight is 261 g/mol. The molecular formula is C11H14ClFN2O2. The van der Waals surface area contributed by atoms with E-state index < -0.39 is 11.8 Å². The van der Waals surface area contributed by atoms with E-state index in [1.807, 2.05) is 0 Å². The highest BCUT2D eigenvalue weighted by Crippen LogP contribution is 2.19. The Morgan fingerprint density at radius 2 is 2.29 bits per heavy atom. The lowest BCUT2D eigenvalue weighted by Crippen LogP contribution is -2.40. The summed E-state index contributed by atoms with van der Waals surface area (Å²) in [6.07, 6.45) is 0. The third-order valence-electron chi connectivity index (χ3n) is 2.42. The second-order valence-electron chi connectivity index (χ2n) is 3.70. The summed E-state index contributed by atoms with van der Waals surface area (Å²) in [5, 5.41) is 11.4. The molecule has 4 nitrogen and oxygen atoms in total. The molecule has 0 heterocycles. The fourth-order valence-electron chi connectivity index (χ4n) is 1.11. The molecule has 6 heteroatoms. The lowest BCUT2D eigenvalue weighted by Gasteiger charge is -2.23. The van der Waals surface area contributed by atoms with E-state index in [4.69, 9.17) is 16.7 Å². The normalized spacial score (nSPS) is 12.1. The fourth-order valence-corrected chi connectivity index (χ4v) is 1.29. The number of nitrogens with zero attached hydrogens (tertiary/aromatic N) is 1. The minimum absolute atomic E-state index is 0.0549. The van der Waals surface area contributed by atoms with Gasteiger partial charge in [-0.3, -0.25) is 0 Å². The molecule has 1 rings (SSSR count). The van der Waals surface area contributed by atoms with Crippen molar-refractivity contribution in [3.05, 3.63) is 29.0 Å². The molecular weight excluding hydrogens is 247 g/mol. The third kappa shape index (κ3) is 3.57. The van der Waals surface area contributed by atoms with Gasteiger partial charge in [0, 0.05) is 12.7 Å². The molecule has 2 N–H and O–H groups in total. The van der Waals surface area contributed by atoms with Crippen LogP contribution in [0.5, 0.6) is 0 Å². The Hall–Kier alpha value is -1.33. The van der Waals surface area contributed by atoms with Gasteiger partial charge < -0.3 is 15.3 Å². The summed E-state index contributed by atoms with van der Waals surface area (Å²) < 4.78 is 12.9. The molecule has 0 aliphatic rings. The second-order valence-corrected chi connectivity index (χ2v) is 4.11. The van der Waals surface area contributed by atoms with Gasteiger partial charge in [-0.15, -0.1) is 0 Å². The summed E-state index contributed by atoms with van der Waals surface area (Å²) in [4.78, 5) is 13.0. The largest absolute Gasteiger partial charge is 0.394 e. The summed E-state index contributed by atoms with van der Waals surface area (Å²) in [7, 11) is 1.56. The predicted octanol–water partition coefficient (Wildman–Crippen LogP) is 2.32. The van der Waals surface area contributed by atoms with Gasteiger partial charge in [-0.25, -0.2) is 9.18 Å². The van der Waals surface area contributed by atoms with Gasteiger partial charge >= 0.3 is 6.03 Å². The minimum Gasteiger partial charge on any atom is -0.394 e. The first-order chi connectivity index (χ1) is 7.95. The lowest BCUT2D eigenvalue weighted by molar-refractivity contribution is 0.166.